The molecule has 21 heavy (non-hydrogen) atoms. The van der Waals surface area contributed by atoms with Crippen LogP contribution in [-0.4, -0.2) is 32.3 Å². The summed E-state index contributed by atoms with van der Waals surface area (Å²) in [6, 6.07) is 5.71. The molecule has 1 aromatic rings. The number of benzene rings is 1. The third-order valence-electron chi connectivity index (χ3n) is 2.91. The molecule has 0 bridgehead atoms. The molecule has 0 heterocycles. The van der Waals surface area contributed by atoms with E-state index in [0.29, 0.717) is 37.7 Å². The normalized spacial score (nSPS) is 11.8. The van der Waals surface area contributed by atoms with Gasteiger partial charge in [-0.05, 0) is 33.4 Å². The number of ether oxygens (including phenoxy) is 3. The fourth-order valence-corrected chi connectivity index (χ4v) is 1.97. The van der Waals surface area contributed by atoms with Gasteiger partial charge in [-0.15, -0.1) is 0 Å². The molecule has 5 heteroatoms. The molecule has 5 nitrogen and oxygen atoms in total. The molecule has 0 aliphatic carbocycles. The predicted octanol–water partition coefficient (Wildman–Crippen LogP) is 2.53. The van der Waals surface area contributed by atoms with E-state index in [4.69, 9.17) is 14.2 Å². The van der Waals surface area contributed by atoms with Crippen molar-refractivity contribution in [1.29, 1.82) is 0 Å². The van der Waals surface area contributed by atoms with Crippen LogP contribution in [0.15, 0.2) is 18.2 Å². The van der Waals surface area contributed by atoms with Crippen LogP contribution in [0.1, 0.15) is 32.8 Å². The standard InChI is InChI=1S/C16H25NO4/c1-5-13(16(18)20-7-3)21-15-12(11-17-4)9-8-10-14(15)19-6-2/h8-10,13,17H,5-7,11H2,1-4H3. The number of para-hydroxylation sites is 1. The number of rotatable bonds is 9. The van der Waals surface area contributed by atoms with Gasteiger partial charge in [0.15, 0.2) is 17.6 Å². The molecule has 0 fully saturated rings. The summed E-state index contributed by atoms with van der Waals surface area (Å²) in [5.41, 5.74) is 0.950. The van der Waals surface area contributed by atoms with E-state index in [9.17, 15) is 4.79 Å². The van der Waals surface area contributed by atoms with E-state index in [2.05, 4.69) is 5.32 Å². The molecular formula is C16H25NO4. The summed E-state index contributed by atoms with van der Waals surface area (Å²) in [6.07, 6.45) is -0.0830. The van der Waals surface area contributed by atoms with Crippen molar-refractivity contribution < 1.29 is 19.0 Å². The van der Waals surface area contributed by atoms with Crippen molar-refractivity contribution in [2.45, 2.75) is 39.8 Å². The topological polar surface area (TPSA) is 56.8 Å². The molecule has 1 aromatic carbocycles. The van der Waals surface area contributed by atoms with Crippen LogP contribution >= 0.6 is 0 Å². The summed E-state index contributed by atoms with van der Waals surface area (Å²) in [5.74, 6) is 0.906. The lowest BCUT2D eigenvalue weighted by Gasteiger charge is -2.20. The molecule has 118 valence electrons. The number of carbonyl (C=O) groups is 1. The Hall–Kier alpha value is -1.75. The molecule has 0 saturated carbocycles. The fourth-order valence-electron chi connectivity index (χ4n) is 1.97. The third kappa shape index (κ3) is 4.93. The number of hydrogen-bond acceptors (Lipinski definition) is 5. The van der Waals surface area contributed by atoms with Gasteiger partial charge < -0.3 is 19.5 Å². The lowest BCUT2D eigenvalue weighted by Crippen LogP contribution is -2.29. The second-order valence-electron chi connectivity index (χ2n) is 4.47. The van der Waals surface area contributed by atoms with E-state index in [1.807, 2.05) is 39.1 Å². The lowest BCUT2D eigenvalue weighted by atomic mass is 10.1. The first-order chi connectivity index (χ1) is 10.2. The third-order valence-corrected chi connectivity index (χ3v) is 2.91. The Labute approximate surface area is 126 Å². The minimum absolute atomic E-state index is 0.342. The molecule has 0 saturated heterocycles. The smallest absolute Gasteiger partial charge is 0.347 e. The maximum Gasteiger partial charge on any atom is 0.347 e. The minimum atomic E-state index is -0.623. The van der Waals surface area contributed by atoms with E-state index in [1.54, 1.807) is 6.92 Å². The first-order valence-electron chi connectivity index (χ1n) is 7.40. The molecule has 0 aromatic heterocycles. The summed E-state index contributed by atoms with van der Waals surface area (Å²) >= 11 is 0. The first kappa shape index (κ1) is 17.3. The molecule has 0 amide bonds. The van der Waals surface area contributed by atoms with Crippen LogP contribution in [0.4, 0.5) is 0 Å². The van der Waals surface area contributed by atoms with Crippen molar-refractivity contribution in [3.8, 4) is 11.5 Å². The number of hydrogen-bond donors (Lipinski definition) is 1. The summed E-state index contributed by atoms with van der Waals surface area (Å²) < 4.78 is 16.6. The van der Waals surface area contributed by atoms with Crippen LogP contribution in [0.3, 0.4) is 0 Å². The molecule has 0 spiro atoms. The highest BCUT2D eigenvalue weighted by Gasteiger charge is 2.23. The minimum Gasteiger partial charge on any atom is -0.490 e. The highest BCUT2D eigenvalue weighted by atomic mass is 16.6. The second-order valence-corrected chi connectivity index (χ2v) is 4.47. The van der Waals surface area contributed by atoms with Crippen molar-refractivity contribution >= 4 is 5.97 Å². The number of carbonyl (C=O) groups excluding carboxylic acids is 1. The van der Waals surface area contributed by atoms with Crippen LogP contribution in [0.5, 0.6) is 11.5 Å². The molecule has 1 rings (SSSR count). The molecule has 0 aliphatic heterocycles. The Morgan fingerprint density at radius 1 is 1.24 bits per heavy atom. The Morgan fingerprint density at radius 3 is 2.57 bits per heavy atom. The monoisotopic (exact) mass is 295 g/mol. The maximum absolute atomic E-state index is 11.9. The Bertz CT molecular complexity index is 424. The van der Waals surface area contributed by atoms with Crippen LogP contribution < -0.4 is 14.8 Å². The van der Waals surface area contributed by atoms with Gasteiger partial charge >= 0.3 is 5.97 Å². The van der Waals surface area contributed by atoms with E-state index >= 15 is 0 Å². The van der Waals surface area contributed by atoms with Crippen LogP contribution in [0, 0.1) is 0 Å². The van der Waals surface area contributed by atoms with E-state index in [-0.39, 0.29) is 5.97 Å². The Kier molecular flexibility index (Phi) is 7.61. The zero-order valence-electron chi connectivity index (χ0n) is 13.3. The Balaban J connectivity index is 3.04. The van der Waals surface area contributed by atoms with Gasteiger partial charge in [0, 0.05) is 12.1 Å². The molecule has 1 N–H and O–H groups in total. The van der Waals surface area contributed by atoms with E-state index in [0.717, 1.165) is 5.56 Å². The molecule has 0 aliphatic rings. The molecular weight excluding hydrogens is 270 g/mol. The van der Waals surface area contributed by atoms with Gasteiger partial charge in [0.1, 0.15) is 0 Å². The summed E-state index contributed by atoms with van der Waals surface area (Å²) in [7, 11) is 1.86. The van der Waals surface area contributed by atoms with Crippen LogP contribution in [0.25, 0.3) is 0 Å². The summed E-state index contributed by atoms with van der Waals surface area (Å²) in [5, 5.41) is 3.09. The number of esters is 1. The molecule has 1 unspecified atom stereocenters. The first-order valence-corrected chi connectivity index (χ1v) is 7.40. The van der Waals surface area contributed by atoms with Crippen LogP contribution in [-0.2, 0) is 16.1 Å². The second kappa shape index (κ2) is 9.23. The number of nitrogens with one attached hydrogen (secondary N) is 1. The zero-order valence-corrected chi connectivity index (χ0v) is 13.3. The average molecular weight is 295 g/mol. The highest BCUT2D eigenvalue weighted by Crippen LogP contribution is 2.32. The van der Waals surface area contributed by atoms with Crippen molar-refractivity contribution in [1.82, 2.24) is 5.32 Å². The van der Waals surface area contributed by atoms with Crippen molar-refractivity contribution in [3.05, 3.63) is 23.8 Å². The average Bonchev–Trinajstić information content (AvgIpc) is 2.47. The predicted molar refractivity (Wildman–Crippen MR) is 81.7 cm³/mol. The molecule has 1 atom stereocenters. The lowest BCUT2D eigenvalue weighted by molar-refractivity contribution is -0.151. The van der Waals surface area contributed by atoms with Crippen molar-refractivity contribution in [2.24, 2.45) is 0 Å². The SMILES string of the molecule is CCOC(=O)C(CC)Oc1c(CNC)cccc1OCC. The molecule has 0 radical (unpaired) electrons. The quantitative estimate of drug-likeness (QED) is 0.709. The summed E-state index contributed by atoms with van der Waals surface area (Å²) in [4.78, 5) is 11.9. The van der Waals surface area contributed by atoms with E-state index in [1.165, 1.54) is 0 Å². The largest absolute Gasteiger partial charge is 0.490 e. The van der Waals surface area contributed by atoms with Gasteiger partial charge in [-0.1, -0.05) is 19.1 Å². The maximum atomic E-state index is 11.9. The Morgan fingerprint density at radius 2 is 2.00 bits per heavy atom. The van der Waals surface area contributed by atoms with Crippen molar-refractivity contribution in [3.63, 3.8) is 0 Å². The van der Waals surface area contributed by atoms with Gasteiger partial charge in [-0.3, -0.25) is 0 Å². The fraction of sp³-hybridized carbons (Fsp3) is 0.562. The zero-order chi connectivity index (χ0) is 15.7. The van der Waals surface area contributed by atoms with Gasteiger partial charge in [0.25, 0.3) is 0 Å². The van der Waals surface area contributed by atoms with Crippen LogP contribution in [0.2, 0.25) is 0 Å². The van der Waals surface area contributed by atoms with E-state index < -0.39 is 6.10 Å². The van der Waals surface area contributed by atoms with Gasteiger partial charge in [0.2, 0.25) is 0 Å². The van der Waals surface area contributed by atoms with Gasteiger partial charge in [0.05, 0.1) is 13.2 Å². The summed E-state index contributed by atoms with van der Waals surface area (Å²) in [6.45, 7) is 7.10. The van der Waals surface area contributed by atoms with Gasteiger partial charge in [-0.25, -0.2) is 4.79 Å². The highest BCUT2D eigenvalue weighted by molar-refractivity contribution is 5.75. The van der Waals surface area contributed by atoms with Crippen molar-refractivity contribution in [2.75, 3.05) is 20.3 Å². The van der Waals surface area contributed by atoms with Gasteiger partial charge in [-0.2, -0.15) is 0 Å².